The van der Waals surface area contributed by atoms with Gasteiger partial charge in [0.15, 0.2) is 5.75 Å². The highest BCUT2D eigenvalue weighted by atomic mass is 16.5. The smallest absolute Gasteiger partial charge is 0.229 e. The fourth-order valence-electron chi connectivity index (χ4n) is 4.57. The highest BCUT2D eigenvalue weighted by Crippen LogP contribution is 2.43. The zero-order valence-electron chi connectivity index (χ0n) is 16.8. The summed E-state index contributed by atoms with van der Waals surface area (Å²) in [5, 5.41) is 0. The van der Waals surface area contributed by atoms with E-state index in [2.05, 4.69) is 19.8 Å². The lowest BCUT2D eigenvalue weighted by molar-refractivity contribution is -0.137. The third-order valence-corrected chi connectivity index (χ3v) is 6.64. The molecule has 2 saturated heterocycles. The molecular formula is C23H28N4O2. The maximum absolute atomic E-state index is 13.0. The molecule has 0 atom stereocenters. The fourth-order valence-corrected chi connectivity index (χ4v) is 4.57. The summed E-state index contributed by atoms with van der Waals surface area (Å²) in [5.41, 5.74) is 0.985. The molecule has 5 rings (SSSR count). The molecule has 152 valence electrons. The molecule has 0 radical (unpaired) electrons. The number of piperidine rings is 1. The van der Waals surface area contributed by atoms with E-state index in [9.17, 15) is 4.79 Å². The third-order valence-electron chi connectivity index (χ3n) is 6.64. The van der Waals surface area contributed by atoms with Gasteiger partial charge in [0, 0.05) is 26.2 Å². The normalized spacial score (nSPS) is 21.0. The first-order valence-corrected chi connectivity index (χ1v) is 10.7. The van der Waals surface area contributed by atoms with Gasteiger partial charge in [-0.25, -0.2) is 9.97 Å². The van der Waals surface area contributed by atoms with E-state index >= 15 is 0 Å². The molecule has 0 unspecified atom stereocenters. The predicted octanol–water partition coefficient (Wildman–Crippen LogP) is 3.28. The van der Waals surface area contributed by atoms with Crippen LogP contribution in [0, 0.1) is 11.3 Å². The number of amides is 1. The fraction of sp³-hybridized carbons (Fsp3) is 0.522. The number of benzene rings is 1. The van der Waals surface area contributed by atoms with E-state index in [0.29, 0.717) is 18.3 Å². The molecule has 3 aliphatic rings. The van der Waals surface area contributed by atoms with E-state index in [1.807, 2.05) is 30.3 Å². The Morgan fingerprint density at radius 2 is 1.69 bits per heavy atom. The minimum Gasteiger partial charge on any atom is -0.486 e. The highest BCUT2D eigenvalue weighted by molar-refractivity contribution is 5.85. The Bertz CT molecular complexity index is 843. The van der Waals surface area contributed by atoms with Crippen molar-refractivity contribution in [2.45, 2.75) is 38.7 Å². The van der Waals surface area contributed by atoms with Crippen molar-refractivity contribution in [3.05, 3.63) is 48.3 Å². The van der Waals surface area contributed by atoms with Crippen molar-refractivity contribution in [2.24, 2.45) is 11.3 Å². The quantitative estimate of drug-likeness (QED) is 0.755. The van der Waals surface area contributed by atoms with Gasteiger partial charge < -0.3 is 14.5 Å². The number of likely N-dealkylation sites (tertiary alicyclic amines) is 1. The van der Waals surface area contributed by atoms with Crippen molar-refractivity contribution in [1.82, 2.24) is 14.9 Å². The van der Waals surface area contributed by atoms with Gasteiger partial charge >= 0.3 is 0 Å². The van der Waals surface area contributed by atoms with E-state index in [4.69, 9.17) is 4.74 Å². The van der Waals surface area contributed by atoms with Crippen LogP contribution in [-0.4, -0.2) is 47.0 Å². The van der Waals surface area contributed by atoms with Gasteiger partial charge in [0.05, 0.1) is 17.8 Å². The van der Waals surface area contributed by atoms with Crippen LogP contribution in [-0.2, 0) is 11.4 Å². The SMILES string of the molecule is O=C1N(CC2CC2)CCC12CCN(c1ncc(OCc3ccccc3)cn1)CC2. The van der Waals surface area contributed by atoms with Crippen LogP contribution >= 0.6 is 0 Å². The average Bonchev–Trinajstić information content (AvgIpc) is 3.55. The first kappa shape index (κ1) is 18.4. The number of carbonyl (C=O) groups excluding carboxylic acids is 1. The zero-order chi connectivity index (χ0) is 19.7. The second-order valence-corrected chi connectivity index (χ2v) is 8.70. The number of ether oxygens (including phenoxy) is 1. The maximum atomic E-state index is 13.0. The molecular weight excluding hydrogens is 364 g/mol. The molecule has 1 aromatic carbocycles. The van der Waals surface area contributed by atoms with Crippen molar-refractivity contribution in [3.8, 4) is 5.75 Å². The lowest BCUT2D eigenvalue weighted by atomic mass is 9.77. The van der Waals surface area contributed by atoms with E-state index in [1.54, 1.807) is 12.4 Å². The molecule has 2 aromatic rings. The van der Waals surface area contributed by atoms with Crippen LogP contribution < -0.4 is 9.64 Å². The lowest BCUT2D eigenvalue weighted by Crippen LogP contribution is -2.45. The van der Waals surface area contributed by atoms with Gasteiger partial charge in [0.2, 0.25) is 11.9 Å². The van der Waals surface area contributed by atoms with Crippen molar-refractivity contribution in [3.63, 3.8) is 0 Å². The Kier molecular flexibility index (Phi) is 4.86. The molecule has 1 spiro atoms. The summed E-state index contributed by atoms with van der Waals surface area (Å²) < 4.78 is 5.78. The van der Waals surface area contributed by atoms with Crippen LogP contribution in [0.25, 0.3) is 0 Å². The Balaban J connectivity index is 1.15. The third kappa shape index (κ3) is 3.93. The lowest BCUT2D eigenvalue weighted by Gasteiger charge is -2.38. The van der Waals surface area contributed by atoms with E-state index in [0.717, 1.165) is 62.9 Å². The van der Waals surface area contributed by atoms with Gasteiger partial charge in [-0.05, 0) is 43.6 Å². The molecule has 29 heavy (non-hydrogen) atoms. The van der Waals surface area contributed by atoms with Crippen LogP contribution in [0.2, 0.25) is 0 Å². The number of anilines is 1. The summed E-state index contributed by atoms with van der Waals surface area (Å²) in [6.07, 6.45) is 8.91. The molecule has 1 saturated carbocycles. The summed E-state index contributed by atoms with van der Waals surface area (Å²) in [6, 6.07) is 10.1. The summed E-state index contributed by atoms with van der Waals surface area (Å²) in [7, 11) is 0. The molecule has 6 nitrogen and oxygen atoms in total. The predicted molar refractivity (Wildman–Crippen MR) is 111 cm³/mol. The van der Waals surface area contributed by atoms with Gasteiger partial charge in [0.1, 0.15) is 6.61 Å². The summed E-state index contributed by atoms with van der Waals surface area (Å²) >= 11 is 0. The number of carbonyl (C=O) groups is 1. The second-order valence-electron chi connectivity index (χ2n) is 8.70. The molecule has 1 amide bonds. The van der Waals surface area contributed by atoms with E-state index in [1.165, 1.54) is 12.8 Å². The van der Waals surface area contributed by atoms with Crippen molar-refractivity contribution >= 4 is 11.9 Å². The molecule has 2 aliphatic heterocycles. The molecule has 1 aromatic heterocycles. The summed E-state index contributed by atoms with van der Waals surface area (Å²) in [6.45, 7) is 4.12. The Morgan fingerprint density at radius 3 is 2.38 bits per heavy atom. The molecule has 3 heterocycles. The molecule has 0 N–H and O–H groups in total. The number of hydrogen-bond acceptors (Lipinski definition) is 5. The Hall–Kier alpha value is -2.63. The van der Waals surface area contributed by atoms with E-state index < -0.39 is 0 Å². The summed E-state index contributed by atoms with van der Waals surface area (Å²) in [4.78, 5) is 26.3. The van der Waals surface area contributed by atoms with E-state index in [-0.39, 0.29) is 5.41 Å². The molecule has 3 fully saturated rings. The molecule has 6 heteroatoms. The minimum atomic E-state index is -0.135. The monoisotopic (exact) mass is 392 g/mol. The van der Waals surface area contributed by atoms with Crippen LogP contribution in [0.5, 0.6) is 5.75 Å². The number of hydrogen-bond donors (Lipinski definition) is 0. The number of rotatable bonds is 6. The largest absolute Gasteiger partial charge is 0.486 e. The highest BCUT2D eigenvalue weighted by Gasteiger charge is 2.49. The zero-order valence-corrected chi connectivity index (χ0v) is 16.8. The van der Waals surface area contributed by atoms with Gasteiger partial charge in [-0.3, -0.25) is 4.79 Å². The Labute approximate surface area is 171 Å². The van der Waals surface area contributed by atoms with Gasteiger partial charge in [-0.1, -0.05) is 30.3 Å². The number of nitrogens with zero attached hydrogens (tertiary/aromatic N) is 4. The maximum Gasteiger partial charge on any atom is 0.229 e. The molecule has 1 aliphatic carbocycles. The van der Waals surface area contributed by atoms with Crippen molar-refractivity contribution in [2.75, 3.05) is 31.1 Å². The second kappa shape index (κ2) is 7.65. The number of aromatic nitrogens is 2. The van der Waals surface area contributed by atoms with Gasteiger partial charge in [0.25, 0.3) is 0 Å². The van der Waals surface area contributed by atoms with Crippen molar-refractivity contribution in [1.29, 1.82) is 0 Å². The first-order chi connectivity index (χ1) is 14.2. The van der Waals surface area contributed by atoms with Crippen LogP contribution in [0.15, 0.2) is 42.7 Å². The van der Waals surface area contributed by atoms with Crippen molar-refractivity contribution < 1.29 is 9.53 Å². The molecule has 0 bridgehead atoms. The summed E-state index contributed by atoms with van der Waals surface area (Å²) in [5.74, 6) is 2.57. The van der Waals surface area contributed by atoms with Gasteiger partial charge in [-0.15, -0.1) is 0 Å². The standard InChI is InChI=1S/C23H28N4O2/c28-21-23(10-13-27(21)16-18-6-7-18)8-11-26(12-9-23)22-24-14-20(15-25-22)29-17-19-4-2-1-3-5-19/h1-5,14-15,18H,6-13,16-17H2. The Morgan fingerprint density at radius 1 is 1.00 bits per heavy atom. The first-order valence-electron chi connectivity index (χ1n) is 10.7. The van der Waals surface area contributed by atoms with Crippen LogP contribution in [0.4, 0.5) is 5.95 Å². The van der Waals surface area contributed by atoms with Gasteiger partial charge in [-0.2, -0.15) is 0 Å². The van der Waals surface area contributed by atoms with Crippen LogP contribution in [0.3, 0.4) is 0 Å². The minimum absolute atomic E-state index is 0.135. The average molecular weight is 393 g/mol. The topological polar surface area (TPSA) is 58.6 Å². The van der Waals surface area contributed by atoms with Crippen LogP contribution in [0.1, 0.15) is 37.7 Å².